The fourth-order valence-corrected chi connectivity index (χ4v) is 2.95. The molecule has 5 nitrogen and oxygen atoms in total. The number of hydrogen-bond acceptors (Lipinski definition) is 3. The summed E-state index contributed by atoms with van der Waals surface area (Å²) < 4.78 is 5.86. The molecule has 0 bridgehead atoms. The third-order valence-corrected chi connectivity index (χ3v) is 4.21. The fourth-order valence-electron chi connectivity index (χ4n) is 2.95. The van der Waals surface area contributed by atoms with Crippen LogP contribution in [0, 0.1) is 0 Å². The number of aromatic amines is 1. The van der Waals surface area contributed by atoms with Gasteiger partial charge in [-0.15, -0.1) is 0 Å². The van der Waals surface area contributed by atoms with E-state index in [-0.39, 0.29) is 11.4 Å². The number of fused-ring (bicyclic) bond motifs is 1. The number of hydrogen-bond donors (Lipinski definition) is 3. The summed E-state index contributed by atoms with van der Waals surface area (Å²) in [6.07, 6.45) is 2.20. The predicted octanol–water partition coefficient (Wildman–Crippen LogP) is 4.12. The van der Waals surface area contributed by atoms with E-state index in [0.29, 0.717) is 24.5 Å². The Hall–Kier alpha value is -2.79. The van der Waals surface area contributed by atoms with E-state index in [0.717, 1.165) is 23.0 Å². The topological polar surface area (TPSA) is 66.2 Å². The van der Waals surface area contributed by atoms with Crippen molar-refractivity contribution in [2.45, 2.75) is 32.7 Å². The molecular weight excluding hydrogens is 338 g/mol. The van der Waals surface area contributed by atoms with Crippen molar-refractivity contribution in [3.05, 3.63) is 60.3 Å². The Bertz CT molecular complexity index is 909. The van der Waals surface area contributed by atoms with Crippen LogP contribution in [0.15, 0.2) is 54.7 Å². The summed E-state index contributed by atoms with van der Waals surface area (Å²) in [6.45, 7) is 7.62. The van der Waals surface area contributed by atoms with Crippen molar-refractivity contribution in [3.63, 3.8) is 0 Å². The molecule has 5 heteroatoms. The Balaban J connectivity index is 1.61. The Morgan fingerprint density at radius 1 is 1.07 bits per heavy atom. The van der Waals surface area contributed by atoms with Crippen LogP contribution >= 0.6 is 0 Å². The summed E-state index contributed by atoms with van der Waals surface area (Å²) >= 11 is 0. The van der Waals surface area contributed by atoms with E-state index in [1.165, 1.54) is 0 Å². The lowest BCUT2D eigenvalue weighted by molar-refractivity contribution is -0.115. The van der Waals surface area contributed by atoms with Gasteiger partial charge < -0.3 is 20.4 Å². The zero-order valence-corrected chi connectivity index (χ0v) is 16.1. The van der Waals surface area contributed by atoms with Gasteiger partial charge in [0.25, 0.3) is 0 Å². The van der Waals surface area contributed by atoms with E-state index in [9.17, 15) is 4.79 Å². The minimum Gasteiger partial charge on any atom is -0.490 e. The molecule has 0 unspecified atom stereocenters. The van der Waals surface area contributed by atoms with E-state index in [1.807, 2.05) is 54.7 Å². The van der Waals surface area contributed by atoms with Gasteiger partial charge in [-0.3, -0.25) is 4.79 Å². The van der Waals surface area contributed by atoms with Crippen LogP contribution < -0.4 is 15.4 Å². The lowest BCUT2D eigenvalue weighted by atomic mass is 10.1. The van der Waals surface area contributed by atoms with Crippen LogP contribution in [0.1, 0.15) is 26.3 Å². The van der Waals surface area contributed by atoms with E-state index >= 15 is 0 Å². The number of nitrogens with one attached hydrogen (secondary N) is 3. The van der Waals surface area contributed by atoms with Crippen LogP contribution in [-0.2, 0) is 11.2 Å². The van der Waals surface area contributed by atoms with Crippen molar-refractivity contribution in [2.24, 2.45) is 0 Å². The number of aromatic nitrogens is 1. The zero-order valence-electron chi connectivity index (χ0n) is 16.1. The molecule has 0 spiro atoms. The number of carbonyl (C=O) groups is 1. The summed E-state index contributed by atoms with van der Waals surface area (Å²) in [4.78, 5) is 15.7. The van der Waals surface area contributed by atoms with Gasteiger partial charge in [-0.05, 0) is 50.6 Å². The van der Waals surface area contributed by atoms with Gasteiger partial charge in [0, 0.05) is 29.2 Å². The quantitative estimate of drug-likeness (QED) is 0.552. The molecule has 0 radical (unpaired) electrons. The van der Waals surface area contributed by atoms with E-state index in [2.05, 4.69) is 36.4 Å². The molecule has 3 N–H and O–H groups in total. The summed E-state index contributed by atoms with van der Waals surface area (Å²) in [5.41, 5.74) is 2.78. The lowest BCUT2D eigenvalue weighted by Gasteiger charge is -2.21. The minimum atomic E-state index is -0.0624. The highest BCUT2D eigenvalue weighted by Crippen LogP contribution is 2.24. The third kappa shape index (κ3) is 5.34. The van der Waals surface area contributed by atoms with Gasteiger partial charge in [0.1, 0.15) is 12.4 Å². The molecule has 0 fully saturated rings. The van der Waals surface area contributed by atoms with Gasteiger partial charge in [0.05, 0.1) is 12.1 Å². The van der Waals surface area contributed by atoms with Gasteiger partial charge in [0.15, 0.2) is 0 Å². The molecule has 2 aromatic carbocycles. The highest BCUT2D eigenvalue weighted by molar-refractivity contribution is 5.96. The number of amides is 1. The first-order valence-corrected chi connectivity index (χ1v) is 9.24. The summed E-state index contributed by atoms with van der Waals surface area (Å²) in [5, 5.41) is 7.44. The number of carbonyl (C=O) groups excluding carboxylic acids is 1. The SMILES string of the molecule is CC(C)(C)NCCOc1ccccc1NC(=O)Cc1cccc2[nH]ccc12. The summed E-state index contributed by atoms with van der Waals surface area (Å²) in [5.74, 6) is 0.619. The van der Waals surface area contributed by atoms with Gasteiger partial charge in [-0.2, -0.15) is 0 Å². The molecule has 1 amide bonds. The first-order valence-electron chi connectivity index (χ1n) is 9.24. The normalized spacial score (nSPS) is 11.5. The third-order valence-electron chi connectivity index (χ3n) is 4.21. The summed E-state index contributed by atoms with van der Waals surface area (Å²) in [6, 6.07) is 15.5. The van der Waals surface area contributed by atoms with Crippen molar-refractivity contribution < 1.29 is 9.53 Å². The maximum Gasteiger partial charge on any atom is 0.228 e. The van der Waals surface area contributed by atoms with E-state index in [1.54, 1.807) is 0 Å². The molecule has 0 aliphatic rings. The zero-order chi connectivity index (χ0) is 19.3. The first kappa shape index (κ1) is 19.0. The largest absolute Gasteiger partial charge is 0.490 e. The monoisotopic (exact) mass is 365 g/mol. The average molecular weight is 365 g/mol. The molecule has 1 heterocycles. The number of ether oxygens (including phenoxy) is 1. The second-order valence-electron chi connectivity index (χ2n) is 7.60. The molecule has 0 saturated heterocycles. The van der Waals surface area contributed by atoms with Crippen molar-refractivity contribution in [3.8, 4) is 5.75 Å². The number of para-hydroxylation sites is 2. The van der Waals surface area contributed by atoms with Crippen LogP contribution in [0.4, 0.5) is 5.69 Å². The Labute approximate surface area is 160 Å². The Morgan fingerprint density at radius 2 is 1.89 bits per heavy atom. The number of benzene rings is 2. The van der Waals surface area contributed by atoms with E-state index in [4.69, 9.17) is 4.74 Å². The molecule has 0 aliphatic carbocycles. The molecule has 142 valence electrons. The van der Waals surface area contributed by atoms with Crippen molar-refractivity contribution in [1.82, 2.24) is 10.3 Å². The molecule has 0 atom stereocenters. The number of H-pyrrole nitrogens is 1. The van der Waals surface area contributed by atoms with Crippen LogP contribution in [0.25, 0.3) is 10.9 Å². The minimum absolute atomic E-state index is 0.0519. The van der Waals surface area contributed by atoms with Crippen LogP contribution in [0.3, 0.4) is 0 Å². The highest BCUT2D eigenvalue weighted by atomic mass is 16.5. The number of anilines is 1. The summed E-state index contributed by atoms with van der Waals surface area (Å²) in [7, 11) is 0. The Kier molecular flexibility index (Phi) is 5.81. The van der Waals surface area contributed by atoms with Crippen LogP contribution in [-0.4, -0.2) is 29.6 Å². The van der Waals surface area contributed by atoms with E-state index < -0.39 is 0 Å². The smallest absolute Gasteiger partial charge is 0.228 e. The van der Waals surface area contributed by atoms with Crippen LogP contribution in [0.2, 0.25) is 0 Å². The highest BCUT2D eigenvalue weighted by Gasteiger charge is 2.12. The van der Waals surface area contributed by atoms with Gasteiger partial charge in [-0.1, -0.05) is 24.3 Å². The van der Waals surface area contributed by atoms with Gasteiger partial charge in [0.2, 0.25) is 5.91 Å². The van der Waals surface area contributed by atoms with Crippen LogP contribution in [0.5, 0.6) is 5.75 Å². The van der Waals surface area contributed by atoms with Crippen molar-refractivity contribution >= 4 is 22.5 Å². The predicted molar refractivity (Wildman–Crippen MR) is 110 cm³/mol. The second-order valence-corrected chi connectivity index (χ2v) is 7.60. The van der Waals surface area contributed by atoms with Crippen molar-refractivity contribution in [1.29, 1.82) is 0 Å². The molecule has 27 heavy (non-hydrogen) atoms. The molecule has 0 saturated carbocycles. The molecule has 3 rings (SSSR count). The molecular formula is C22H27N3O2. The fraction of sp³-hybridized carbons (Fsp3) is 0.318. The first-order chi connectivity index (χ1) is 12.9. The molecule has 3 aromatic rings. The van der Waals surface area contributed by atoms with Crippen molar-refractivity contribution in [2.75, 3.05) is 18.5 Å². The molecule has 1 aromatic heterocycles. The van der Waals surface area contributed by atoms with Gasteiger partial charge >= 0.3 is 0 Å². The maximum atomic E-state index is 12.6. The number of rotatable bonds is 7. The average Bonchev–Trinajstić information content (AvgIpc) is 3.09. The standard InChI is InChI=1S/C22H27N3O2/c1-22(2,3)24-13-14-27-20-10-5-4-8-19(20)25-21(26)15-16-7-6-9-18-17(16)11-12-23-18/h4-12,23-24H,13-15H2,1-3H3,(H,25,26). The maximum absolute atomic E-state index is 12.6. The second kappa shape index (κ2) is 8.27. The Morgan fingerprint density at radius 3 is 2.70 bits per heavy atom. The lowest BCUT2D eigenvalue weighted by Crippen LogP contribution is -2.38. The molecule has 0 aliphatic heterocycles. The van der Waals surface area contributed by atoms with Gasteiger partial charge in [-0.25, -0.2) is 0 Å².